The first-order valence-electron chi connectivity index (χ1n) is 5.07. The van der Waals surface area contributed by atoms with Crippen LogP contribution in [0.15, 0.2) is 30.6 Å². The molecular formula is C10H10N6O2. The zero-order chi connectivity index (χ0) is 13.0. The van der Waals surface area contributed by atoms with Gasteiger partial charge in [0, 0.05) is 12.3 Å². The Hall–Kier alpha value is -2.77. The highest BCUT2D eigenvalue weighted by atomic mass is 16.6. The molecule has 2 aromatic heterocycles. The van der Waals surface area contributed by atoms with E-state index in [4.69, 9.17) is 5.73 Å². The summed E-state index contributed by atoms with van der Waals surface area (Å²) in [6.07, 6.45) is 2.74. The lowest BCUT2D eigenvalue weighted by Crippen LogP contribution is -2.06. The second kappa shape index (κ2) is 5.04. The van der Waals surface area contributed by atoms with Crippen molar-refractivity contribution in [3.05, 3.63) is 46.5 Å². The van der Waals surface area contributed by atoms with Gasteiger partial charge >= 0.3 is 0 Å². The highest BCUT2D eigenvalue weighted by molar-refractivity contribution is 5.40. The van der Waals surface area contributed by atoms with Gasteiger partial charge in [0.15, 0.2) is 0 Å². The molecule has 8 nitrogen and oxygen atoms in total. The van der Waals surface area contributed by atoms with Gasteiger partial charge in [-0.15, -0.1) is 0 Å². The molecule has 3 N–H and O–H groups in total. The van der Waals surface area contributed by atoms with Crippen LogP contribution in [-0.2, 0) is 6.54 Å². The van der Waals surface area contributed by atoms with Gasteiger partial charge in [-0.05, 0) is 12.1 Å². The first-order valence-corrected chi connectivity index (χ1v) is 5.07. The van der Waals surface area contributed by atoms with Gasteiger partial charge in [0.1, 0.15) is 23.7 Å². The van der Waals surface area contributed by atoms with E-state index in [0.29, 0.717) is 24.0 Å². The van der Waals surface area contributed by atoms with E-state index in [1.54, 1.807) is 12.3 Å². The second-order valence-electron chi connectivity index (χ2n) is 3.41. The number of hydrogen-bond donors (Lipinski definition) is 2. The molecule has 0 amide bonds. The molecule has 2 heterocycles. The fraction of sp³-hybridized carbons (Fsp3) is 0.100. The smallest absolute Gasteiger partial charge is 0.287 e. The molecule has 8 heteroatoms. The van der Waals surface area contributed by atoms with Gasteiger partial charge in [-0.2, -0.15) is 0 Å². The Labute approximate surface area is 102 Å². The molecule has 0 aliphatic heterocycles. The maximum absolute atomic E-state index is 10.4. The molecule has 0 aliphatic carbocycles. The summed E-state index contributed by atoms with van der Waals surface area (Å²) in [6.45, 7) is 0.343. The van der Waals surface area contributed by atoms with Crippen LogP contribution in [0.1, 0.15) is 5.82 Å². The molecular weight excluding hydrogens is 236 g/mol. The first-order chi connectivity index (χ1) is 8.65. The van der Waals surface area contributed by atoms with Crippen LogP contribution in [0.4, 0.5) is 17.3 Å². The quantitative estimate of drug-likeness (QED) is 0.609. The van der Waals surface area contributed by atoms with Gasteiger partial charge in [-0.3, -0.25) is 10.1 Å². The number of nitro groups is 1. The Kier molecular flexibility index (Phi) is 3.28. The highest BCUT2D eigenvalue weighted by Crippen LogP contribution is 2.12. The minimum Gasteiger partial charge on any atom is -0.384 e. The fourth-order valence-electron chi connectivity index (χ4n) is 1.27. The molecule has 18 heavy (non-hydrogen) atoms. The van der Waals surface area contributed by atoms with Gasteiger partial charge in [0.25, 0.3) is 5.69 Å². The topological polar surface area (TPSA) is 120 Å². The molecule has 0 saturated heterocycles. The zero-order valence-electron chi connectivity index (χ0n) is 9.28. The van der Waals surface area contributed by atoms with Crippen molar-refractivity contribution in [3.8, 4) is 0 Å². The Morgan fingerprint density at radius 2 is 2.17 bits per heavy atom. The standard InChI is InChI=1S/C10H10N6O2/c11-8-3-4-12-10(15-8)6-14-9-2-1-7(5-13-9)16(17)18/h1-5H,6H2,(H,13,14)(H2,11,12,15). The summed E-state index contributed by atoms with van der Waals surface area (Å²) in [5.41, 5.74) is 5.46. The second-order valence-corrected chi connectivity index (χ2v) is 3.41. The van der Waals surface area contributed by atoms with Gasteiger partial charge in [0.05, 0.1) is 11.5 Å². The van der Waals surface area contributed by atoms with Gasteiger partial charge in [-0.25, -0.2) is 15.0 Å². The van der Waals surface area contributed by atoms with E-state index in [9.17, 15) is 10.1 Å². The average molecular weight is 246 g/mol. The van der Waals surface area contributed by atoms with Crippen LogP contribution in [-0.4, -0.2) is 19.9 Å². The van der Waals surface area contributed by atoms with Crippen LogP contribution in [0.2, 0.25) is 0 Å². The minimum atomic E-state index is -0.502. The Morgan fingerprint density at radius 3 is 2.78 bits per heavy atom. The van der Waals surface area contributed by atoms with Crippen molar-refractivity contribution >= 4 is 17.3 Å². The Bertz CT molecular complexity index is 557. The summed E-state index contributed by atoms with van der Waals surface area (Å²) in [4.78, 5) is 21.8. The third-order valence-electron chi connectivity index (χ3n) is 2.11. The van der Waals surface area contributed by atoms with Crippen LogP contribution < -0.4 is 11.1 Å². The van der Waals surface area contributed by atoms with Gasteiger partial charge in [0.2, 0.25) is 0 Å². The number of hydrogen-bond acceptors (Lipinski definition) is 7. The van der Waals surface area contributed by atoms with E-state index >= 15 is 0 Å². The monoisotopic (exact) mass is 246 g/mol. The van der Waals surface area contributed by atoms with E-state index in [2.05, 4.69) is 20.3 Å². The summed E-state index contributed by atoms with van der Waals surface area (Å²) in [7, 11) is 0. The number of nitrogens with two attached hydrogens (primary N) is 1. The number of nitrogens with zero attached hydrogens (tertiary/aromatic N) is 4. The predicted molar refractivity (Wildman–Crippen MR) is 64.7 cm³/mol. The van der Waals surface area contributed by atoms with Crippen LogP contribution in [0.5, 0.6) is 0 Å². The lowest BCUT2D eigenvalue weighted by Gasteiger charge is -2.04. The maximum Gasteiger partial charge on any atom is 0.287 e. The molecule has 0 saturated carbocycles. The molecule has 0 bridgehead atoms. The Morgan fingerprint density at radius 1 is 1.33 bits per heavy atom. The SMILES string of the molecule is Nc1ccnc(CNc2ccc([N+](=O)[O-])cn2)n1. The number of rotatable bonds is 4. The minimum absolute atomic E-state index is 0.0549. The van der Waals surface area contributed by atoms with Crippen LogP contribution in [0.25, 0.3) is 0 Å². The number of nitrogen functional groups attached to an aromatic ring is 1. The van der Waals surface area contributed by atoms with Crippen molar-refractivity contribution in [2.75, 3.05) is 11.1 Å². The summed E-state index contributed by atoms with van der Waals surface area (Å²) in [5.74, 6) is 1.42. The maximum atomic E-state index is 10.4. The molecule has 2 aromatic rings. The van der Waals surface area contributed by atoms with Crippen molar-refractivity contribution in [1.29, 1.82) is 0 Å². The highest BCUT2D eigenvalue weighted by Gasteiger charge is 2.05. The summed E-state index contributed by atoms with van der Waals surface area (Å²) in [5, 5.41) is 13.4. The molecule has 0 radical (unpaired) electrons. The summed E-state index contributed by atoms with van der Waals surface area (Å²) >= 11 is 0. The van der Waals surface area contributed by atoms with E-state index in [0.717, 1.165) is 0 Å². The van der Waals surface area contributed by atoms with E-state index in [-0.39, 0.29) is 5.69 Å². The average Bonchev–Trinajstić information content (AvgIpc) is 2.37. The van der Waals surface area contributed by atoms with E-state index < -0.39 is 4.92 Å². The molecule has 0 aliphatic rings. The largest absolute Gasteiger partial charge is 0.384 e. The number of nitrogens with one attached hydrogen (secondary N) is 1. The number of pyridine rings is 1. The van der Waals surface area contributed by atoms with Crippen LogP contribution in [0.3, 0.4) is 0 Å². The molecule has 2 rings (SSSR count). The van der Waals surface area contributed by atoms with Crippen molar-refractivity contribution in [1.82, 2.24) is 15.0 Å². The van der Waals surface area contributed by atoms with Crippen molar-refractivity contribution in [2.45, 2.75) is 6.54 Å². The lowest BCUT2D eigenvalue weighted by atomic mass is 10.4. The van der Waals surface area contributed by atoms with Crippen molar-refractivity contribution in [2.24, 2.45) is 0 Å². The molecule has 0 spiro atoms. The molecule has 0 aromatic carbocycles. The number of anilines is 2. The molecule has 0 fully saturated rings. The summed E-state index contributed by atoms with van der Waals surface area (Å²) < 4.78 is 0. The van der Waals surface area contributed by atoms with Gasteiger partial charge in [-0.1, -0.05) is 0 Å². The molecule has 92 valence electrons. The molecule has 0 unspecified atom stereocenters. The summed E-state index contributed by atoms with van der Waals surface area (Å²) in [6, 6.07) is 4.48. The Balaban J connectivity index is 2.00. The predicted octanol–water partition coefficient (Wildman–Crippen LogP) is 0.974. The fourth-order valence-corrected chi connectivity index (χ4v) is 1.27. The van der Waals surface area contributed by atoms with Crippen molar-refractivity contribution in [3.63, 3.8) is 0 Å². The first kappa shape index (κ1) is 11.7. The molecule has 0 atom stereocenters. The lowest BCUT2D eigenvalue weighted by molar-refractivity contribution is -0.385. The third kappa shape index (κ3) is 2.88. The van der Waals surface area contributed by atoms with E-state index in [1.165, 1.54) is 18.3 Å². The zero-order valence-corrected chi connectivity index (χ0v) is 9.28. The normalized spacial score (nSPS) is 10.0. The third-order valence-corrected chi connectivity index (χ3v) is 2.11. The van der Waals surface area contributed by atoms with Gasteiger partial charge < -0.3 is 11.1 Å². The number of aromatic nitrogens is 3. The van der Waals surface area contributed by atoms with Crippen LogP contribution >= 0.6 is 0 Å². The van der Waals surface area contributed by atoms with Crippen molar-refractivity contribution < 1.29 is 4.92 Å². The van der Waals surface area contributed by atoms with Crippen LogP contribution in [0, 0.1) is 10.1 Å². The van der Waals surface area contributed by atoms with E-state index in [1.807, 2.05) is 0 Å².